The summed E-state index contributed by atoms with van der Waals surface area (Å²) in [5, 5.41) is 3.04. The van der Waals surface area contributed by atoms with Gasteiger partial charge in [-0.05, 0) is 13.0 Å². The van der Waals surface area contributed by atoms with Gasteiger partial charge in [-0.15, -0.1) is 0 Å². The van der Waals surface area contributed by atoms with Crippen LogP contribution in [0.4, 0.5) is 0 Å². The Bertz CT molecular complexity index is 290. The van der Waals surface area contributed by atoms with Crippen LogP contribution in [0.25, 0.3) is 0 Å². The van der Waals surface area contributed by atoms with E-state index in [1.807, 2.05) is 18.7 Å². The van der Waals surface area contributed by atoms with Crippen molar-refractivity contribution in [2.45, 2.75) is 6.42 Å². The van der Waals surface area contributed by atoms with E-state index in [9.17, 15) is 0 Å². The first-order valence-corrected chi connectivity index (χ1v) is 3.94. The predicted molar refractivity (Wildman–Crippen MR) is 48.6 cm³/mol. The van der Waals surface area contributed by atoms with Gasteiger partial charge >= 0.3 is 0 Å². The fraction of sp³-hybridized carbons (Fsp3) is 0.444. The quantitative estimate of drug-likeness (QED) is 0.504. The van der Waals surface area contributed by atoms with Crippen molar-refractivity contribution in [3.8, 4) is 11.8 Å². The van der Waals surface area contributed by atoms with Gasteiger partial charge in [0.15, 0.2) is 0 Å². The zero-order valence-corrected chi connectivity index (χ0v) is 7.46. The highest BCUT2D eigenvalue weighted by atomic mass is 15.0. The van der Waals surface area contributed by atoms with E-state index >= 15 is 0 Å². The van der Waals surface area contributed by atoms with Crippen LogP contribution >= 0.6 is 0 Å². The number of aromatic nitrogens is 2. The van der Waals surface area contributed by atoms with Crippen LogP contribution in [0.15, 0.2) is 12.5 Å². The van der Waals surface area contributed by atoms with Gasteiger partial charge < -0.3 is 9.88 Å². The Hall–Kier alpha value is -1.27. The maximum absolute atomic E-state index is 3.97. The molecule has 3 nitrogen and oxygen atoms in total. The molecule has 0 fully saturated rings. The topological polar surface area (TPSA) is 29.9 Å². The molecule has 1 rings (SSSR count). The van der Waals surface area contributed by atoms with Gasteiger partial charge in [0.25, 0.3) is 0 Å². The number of imidazole rings is 1. The summed E-state index contributed by atoms with van der Waals surface area (Å²) in [7, 11) is 3.86. The second kappa shape index (κ2) is 4.58. The molecular weight excluding hydrogens is 150 g/mol. The van der Waals surface area contributed by atoms with Gasteiger partial charge in [0.2, 0.25) is 0 Å². The van der Waals surface area contributed by atoms with Crippen LogP contribution in [0, 0.1) is 11.8 Å². The van der Waals surface area contributed by atoms with Gasteiger partial charge in [-0.25, -0.2) is 4.98 Å². The first-order chi connectivity index (χ1) is 5.84. The lowest BCUT2D eigenvalue weighted by molar-refractivity contribution is 0.818. The van der Waals surface area contributed by atoms with Gasteiger partial charge in [-0.1, -0.05) is 5.92 Å². The molecule has 0 amide bonds. The third-order valence-electron chi connectivity index (χ3n) is 1.53. The van der Waals surface area contributed by atoms with Crippen LogP contribution < -0.4 is 5.32 Å². The van der Waals surface area contributed by atoms with Gasteiger partial charge in [0.05, 0.1) is 12.5 Å². The van der Waals surface area contributed by atoms with Gasteiger partial charge in [0.1, 0.15) is 5.69 Å². The third-order valence-corrected chi connectivity index (χ3v) is 1.53. The van der Waals surface area contributed by atoms with Crippen LogP contribution in [0.1, 0.15) is 12.1 Å². The Kier molecular flexibility index (Phi) is 3.36. The lowest BCUT2D eigenvalue weighted by Crippen LogP contribution is -2.05. The molecule has 1 aromatic rings. The normalized spacial score (nSPS) is 9.17. The minimum atomic E-state index is 0.877. The summed E-state index contributed by atoms with van der Waals surface area (Å²) >= 11 is 0. The summed E-state index contributed by atoms with van der Waals surface area (Å²) in [6.45, 7) is 0.935. The van der Waals surface area contributed by atoms with Crippen molar-refractivity contribution in [3.63, 3.8) is 0 Å². The Balaban J connectivity index is 2.49. The third kappa shape index (κ3) is 2.40. The minimum absolute atomic E-state index is 0.877. The predicted octanol–water partition coefficient (Wildman–Crippen LogP) is 0.381. The molecule has 0 aliphatic carbocycles. The summed E-state index contributed by atoms with van der Waals surface area (Å²) < 4.78 is 1.91. The fourth-order valence-corrected chi connectivity index (χ4v) is 0.818. The van der Waals surface area contributed by atoms with Crippen LogP contribution in [0.5, 0.6) is 0 Å². The smallest absolute Gasteiger partial charge is 0.111 e. The van der Waals surface area contributed by atoms with Gasteiger partial charge in [-0.2, -0.15) is 0 Å². The lowest BCUT2D eigenvalue weighted by atomic mass is 10.4. The summed E-state index contributed by atoms with van der Waals surface area (Å²) in [6.07, 6.45) is 4.40. The Morgan fingerprint density at radius 2 is 2.50 bits per heavy atom. The number of nitrogens with zero attached hydrogens (tertiary/aromatic N) is 2. The highest BCUT2D eigenvalue weighted by molar-refractivity contribution is 5.25. The van der Waals surface area contributed by atoms with Crippen molar-refractivity contribution >= 4 is 0 Å². The molecule has 64 valence electrons. The molecule has 1 aromatic heterocycles. The molecule has 0 unspecified atom stereocenters. The van der Waals surface area contributed by atoms with E-state index in [1.165, 1.54) is 0 Å². The van der Waals surface area contributed by atoms with Crippen LogP contribution in [0.3, 0.4) is 0 Å². The zero-order valence-electron chi connectivity index (χ0n) is 7.46. The summed E-state index contributed by atoms with van der Waals surface area (Å²) in [5.74, 6) is 6.09. The molecule has 0 saturated heterocycles. The number of nitrogens with one attached hydrogen (secondary N) is 1. The van der Waals surface area contributed by atoms with Crippen LogP contribution in [-0.2, 0) is 7.05 Å². The van der Waals surface area contributed by atoms with E-state index < -0.39 is 0 Å². The molecule has 0 aliphatic heterocycles. The fourth-order valence-electron chi connectivity index (χ4n) is 0.818. The molecule has 1 heterocycles. The molecule has 0 aromatic carbocycles. The SMILES string of the molecule is CNCCC#Cc1cncn1C. The van der Waals surface area contributed by atoms with Crippen molar-refractivity contribution in [1.82, 2.24) is 14.9 Å². The Morgan fingerprint density at radius 3 is 3.08 bits per heavy atom. The number of hydrogen-bond acceptors (Lipinski definition) is 2. The molecule has 0 spiro atoms. The second-order valence-corrected chi connectivity index (χ2v) is 2.55. The van der Waals surface area contributed by atoms with Crippen molar-refractivity contribution in [1.29, 1.82) is 0 Å². The van der Waals surface area contributed by atoms with Crippen LogP contribution in [0.2, 0.25) is 0 Å². The van der Waals surface area contributed by atoms with E-state index in [1.54, 1.807) is 12.5 Å². The lowest BCUT2D eigenvalue weighted by Gasteiger charge is -1.90. The summed E-state index contributed by atoms with van der Waals surface area (Å²) in [5.41, 5.74) is 0.964. The molecule has 0 bridgehead atoms. The highest BCUT2D eigenvalue weighted by Crippen LogP contribution is 1.91. The average molecular weight is 163 g/mol. The second-order valence-electron chi connectivity index (χ2n) is 2.55. The summed E-state index contributed by atoms with van der Waals surface area (Å²) in [6, 6.07) is 0. The average Bonchev–Trinajstić information content (AvgIpc) is 2.46. The van der Waals surface area contributed by atoms with Crippen molar-refractivity contribution < 1.29 is 0 Å². The first kappa shape index (κ1) is 8.82. The van der Waals surface area contributed by atoms with Crippen molar-refractivity contribution in [3.05, 3.63) is 18.2 Å². The highest BCUT2D eigenvalue weighted by Gasteiger charge is 1.89. The standard InChI is InChI=1S/C9H13N3/c1-10-6-4-3-5-9-7-11-8-12(9)2/h7-8,10H,4,6H2,1-2H3. The number of rotatable bonds is 2. The van der Waals surface area contributed by atoms with E-state index in [4.69, 9.17) is 0 Å². The summed E-state index contributed by atoms with van der Waals surface area (Å²) in [4.78, 5) is 3.97. The molecule has 0 atom stereocenters. The molecule has 0 aliphatic rings. The first-order valence-electron chi connectivity index (χ1n) is 3.94. The molecule has 0 radical (unpaired) electrons. The molecular formula is C9H13N3. The van der Waals surface area contributed by atoms with Gasteiger partial charge in [0, 0.05) is 20.0 Å². The van der Waals surface area contributed by atoms with Crippen LogP contribution in [-0.4, -0.2) is 23.1 Å². The maximum Gasteiger partial charge on any atom is 0.111 e. The largest absolute Gasteiger partial charge is 0.327 e. The van der Waals surface area contributed by atoms with E-state index in [0.29, 0.717) is 0 Å². The molecule has 3 heteroatoms. The monoisotopic (exact) mass is 163 g/mol. The van der Waals surface area contributed by atoms with E-state index in [-0.39, 0.29) is 0 Å². The molecule has 1 N–H and O–H groups in total. The Labute approximate surface area is 72.8 Å². The zero-order chi connectivity index (χ0) is 8.81. The Morgan fingerprint density at radius 1 is 1.67 bits per heavy atom. The van der Waals surface area contributed by atoms with Crippen molar-refractivity contribution in [2.24, 2.45) is 7.05 Å². The van der Waals surface area contributed by atoms with Crippen molar-refractivity contribution in [2.75, 3.05) is 13.6 Å². The minimum Gasteiger partial charge on any atom is -0.327 e. The molecule has 12 heavy (non-hydrogen) atoms. The van der Waals surface area contributed by atoms with E-state index in [0.717, 1.165) is 18.7 Å². The number of hydrogen-bond donors (Lipinski definition) is 1. The maximum atomic E-state index is 3.97. The van der Waals surface area contributed by atoms with Gasteiger partial charge in [-0.3, -0.25) is 0 Å². The van der Waals surface area contributed by atoms with E-state index in [2.05, 4.69) is 22.1 Å². The molecule has 0 saturated carbocycles. The number of aryl methyl sites for hydroxylation is 1.